The number of hydrogen-bond donors (Lipinski definition) is 5. The number of ketones is 1. The van der Waals surface area contributed by atoms with Crippen molar-refractivity contribution in [3.63, 3.8) is 0 Å². The van der Waals surface area contributed by atoms with Crippen molar-refractivity contribution >= 4 is 11.8 Å². The Labute approximate surface area is 205 Å². The molecular weight excluding hydrogens is 456 g/mol. The molecule has 9 nitrogen and oxygen atoms in total. The third-order valence-corrected chi connectivity index (χ3v) is 9.05. The van der Waals surface area contributed by atoms with Crippen LogP contribution in [0.5, 0.6) is 0 Å². The van der Waals surface area contributed by atoms with Crippen LogP contribution in [0.2, 0.25) is 0 Å². The molecule has 0 amide bonds. The van der Waals surface area contributed by atoms with Gasteiger partial charge in [-0.05, 0) is 36.7 Å². The molecule has 5 N–H and O–H groups in total. The third-order valence-electron chi connectivity index (χ3n) is 9.05. The van der Waals surface area contributed by atoms with Gasteiger partial charge >= 0.3 is 5.97 Å². The van der Waals surface area contributed by atoms with E-state index in [0.717, 1.165) is 0 Å². The Bertz CT molecular complexity index is 910. The van der Waals surface area contributed by atoms with Crippen molar-refractivity contribution in [2.24, 2.45) is 28.1 Å². The molecule has 0 aromatic heterocycles. The normalized spacial score (nSPS) is 47.2. The van der Waals surface area contributed by atoms with Crippen molar-refractivity contribution in [2.75, 3.05) is 6.61 Å². The van der Waals surface area contributed by atoms with Crippen molar-refractivity contribution < 1.29 is 44.6 Å². The number of ether oxygens (including phenoxy) is 2. The van der Waals surface area contributed by atoms with Gasteiger partial charge in [-0.1, -0.05) is 39.3 Å². The zero-order valence-corrected chi connectivity index (χ0v) is 20.6. The van der Waals surface area contributed by atoms with Crippen LogP contribution in [0.25, 0.3) is 0 Å². The number of Topliss-reactive ketones (excluding diaryl/α,β-unsaturated/α-hetero) is 1. The molecule has 1 heterocycles. The van der Waals surface area contributed by atoms with Gasteiger partial charge in [0, 0.05) is 17.3 Å². The Balaban J connectivity index is 1.77. The zero-order chi connectivity index (χ0) is 25.9. The van der Waals surface area contributed by atoms with E-state index in [0.29, 0.717) is 37.7 Å². The van der Waals surface area contributed by atoms with Gasteiger partial charge in [-0.25, -0.2) is 0 Å². The van der Waals surface area contributed by atoms with Gasteiger partial charge in [0.1, 0.15) is 30.5 Å². The van der Waals surface area contributed by atoms with E-state index in [1.54, 1.807) is 6.08 Å². The average Bonchev–Trinajstić information content (AvgIpc) is 2.82. The molecule has 0 aromatic rings. The molecule has 35 heavy (non-hydrogen) atoms. The molecule has 0 bridgehead atoms. The standard InChI is InChI=1S/C26H38O9/c1-5-25(4)10-7-14-13(11-25)16(28)19(31)21-24(2,3)8-6-9-26(14,21)23(33)35-22-20(32)18(30)17(29)15(12-27)34-22/h5,11,14-15,17-22,27,29-32H,1,6-10,12H2,2-4H3/t14?,15-,17-,18+,19?,20-,21+,22+,25+,26+/m1/s1. The third kappa shape index (κ3) is 4.01. The van der Waals surface area contributed by atoms with Crippen molar-refractivity contribution in [1.82, 2.24) is 0 Å². The van der Waals surface area contributed by atoms with Crippen molar-refractivity contribution in [2.45, 2.75) is 89.7 Å². The topological polar surface area (TPSA) is 154 Å². The van der Waals surface area contributed by atoms with Crippen LogP contribution in [0.15, 0.2) is 24.3 Å². The van der Waals surface area contributed by atoms with Crippen LogP contribution in [0.3, 0.4) is 0 Å². The summed E-state index contributed by atoms with van der Waals surface area (Å²) in [6.07, 6.45) is -2.70. The van der Waals surface area contributed by atoms with Crippen molar-refractivity contribution in [1.29, 1.82) is 0 Å². The maximum absolute atomic E-state index is 14.1. The molecule has 4 rings (SSSR count). The fraction of sp³-hybridized carbons (Fsp3) is 0.769. The summed E-state index contributed by atoms with van der Waals surface area (Å²) in [5.41, 5.74) is -1.83. The predicted molar refractivity (Wildman–Crippen MR) is 124 cm³/mol. The van der Waals surface area contributed by atoms with Crippen LogP contribution in [0.1, 0.15) is 52.9 Å². The minimum absolute atomic E-state index is 0.376. The van der Waals surface area contributed by atoms with Crippen LogP contribution in [0, 0.1) is 28.1 Å². The summed E-state index contributed by atoms with van der Waals surface area (Å²) in [6, 6.07) is 0. The molecular formula is C26H38O9. The molecule has 2 saturated carbocycles. The molecule has 9 heteroatoms. The molecule has 2 unspecified atom stereocenters. The van der Waals surface area contributed by atoms with Gasteiger partial charge in [-0.15, -0.1) is 6.58 Å². The minimum atomic E-state index is -1.73. The largest absolute Gasteiger partial charge is 0.432 e. The van der Waals surface area contributed by atoms with E-state index >= 15 is 0 Å². The second kappa shape index (κ2) is 9.04. The van der Waals surface area contributed by atoms with E-state index in [1.807, 2.05) is 26.8 Å². The van der Waals surface area contributed by atoms with Gasteiger partial charge in [0.25, 0.3) is 0 Å². The van der Waals surface area contributed by atoms with E-state index in [4.69, 9.17) is 9.47 Å². The lowest BCUT2D eigenvalue weighted by Gasteiger charge is -2.59. The van der Waals surface area contributed by atoms with E-state index in [-0.39, 0.29) is 5.78 Å². The van der Waals surface area contributed by atoms with Crippen LogP contribution in [0.4, 0.5) is 0 Å². The number of aliphatic hydroxyl groups excluding tert-OH is 5. The summed E-state index contributed by atoms with van der Waals surface area (Å²) in [6.45, 7) is 9.08. The van der Waals surface area contributed by atoms with E-state index in [1.165, 1.54) is 0 Å². The molecule has 4 aliphatic rings. The quantitative estimate of drug-likeness (QED) is 0.279. The first-order chi connectivity index (χ1) is 16.3. The zero-order valence-electron chi connectivity index (χ0n) is 20.6. The summed E-state index contributed by atoms with van der Waals surface area (Å²) in [5, 5.41) is 51.5. The highest BCUT2D eigenvalue weighted by atomic mass is 16.7. The number of fused-ring (bicyclic) bond motifs is 3. The smallest absolute Gasteiger partial charge is 0.315 e. The molecule has 0 spiro atoms. The average molecular weight is 495 g/mol. The molecule has 0 radical (unpaired) electrons. The summed E-state index contributed by atoms with van der Waals surface area (Å²) in [7, 11) is 0. The number of allylic oxidation sites excluding steroid dienone is 2. The van der Waals surface area contributed by atoms with Gasteiger partial charge in [0.15, 0.2) is 5.78 Å². The van der Waals surface area contributed by atoms with Gasteiger partial charge in [0.05, 0.1) is 12.0 Å². The summed E-state index contributed by atoms with van der Waals surface area (Å²) in [5.74, 6) is -2.31. The summed E-state index contributed by atoms with van der Waals surface area (Å²) >= 11 is 0. The fourth-order valence-electron chi connectivity index (χ4n) is 7.10. The molecule has 3 aliphatic carbocycles. The summed E-state index contributed by atoms with van der Waals surface area (Å²) in [4.78, 5) is 27.5. The first-order valence-electron chi connectivity index (χ1n) is 12.4. The highest BCUT2D eigenvalue weighted by molar-refractivity contribution is 6.03. The Hall–Kier alpha value is -1.62. The summed E-state index contributed by atoms with van der Waals surface area (Å²) < 4.78 is 11.1. The van der Waals surface area contributed by atoms with E-state index < -0.39 is 77.5 Å². The molecule has 10 atom stereocenters. The monoisotopic (exact) mass is 494 g/mol. The highest BCUT2D eigenvalue weighted by Gasteiger charge is 2.67. The minimum Gasteiger partial charge on any atom is -0.432 e. The van der Waals surface area contributed by atoms with E-state index in [2.05, 4.69) is 6.58 Å². The molecule has 196 valence electrons. The lowest BCUT2D eigenvalue weighted by molar-refractivity contribution is -0.299. The lowest BCUT2D eigenvalue weighted by Crippen LogP contribution is -2.66. The Kier molecular flexibility index (Phi) is 6.83. The number of hydrogen-bond acceptors (Lipinski definition) is 9. The van der Waals surface area contributed by atoms with Gasteiger partial charge in [0.2, 0.25) is 6.29 Å². The van der Waals surface area contributed by atoms with Crippen molar-refractivity contribution in [3.05, 3.63) is 24.3 Å². The molecule has 1 saturated heterocycles. The fourth-order valence-corrected chi connectivity index (χ4v) is 7.10. The highest BCUT2D eigenvalue weighted by Crippen LogP contribution is 2.64. The number of aliphatic hydroxyl groups is 5. The molecule has 1 aliphatic heterocycles. The number of rotatable bonds is 4. The first kappa shape index (κ1) is 26.4. The maximum atomic E-state index is 14.1. The number of carbonyl (C=O) groups excluding carboxylic acids is 2. The Morgan fingerprint density at radius 1 is 1.14 bits per heavy atom. The predicted octanol–water partition coefficient (Wildman–Crippen LogP) is 0.614. The molecule has 3 fully saturated rings. The van der Waals surface area contributed by atoms with Crippen LogP contribution in [-0.4, -0.2) is 80.7 Å². The Morgan fingerprint density at radius 2 is 1.83 bits per heavy atom. The first-order valence-corrected chi connectivity index (χ1v) is 12.4. The SMILES string of the molecule is C=C[C@]1(C)C=C2C(=O)C(O)[C@H]3C(C)(C)CCC[C@]3(C(=O)O[C@@H]3O[C@H](CO)[C@@H](O)[C@H](O)[C@H]3O)C2CC1. The number of esters is 1. The van der Waals surface area contributed by atoms with Crippen LogP contribution < -0.4 is 0 Å². The van der Waals surface area contributed by atoms with Gasteiger partial charge < -0.3 is 35.0 Å². The second-order valence-corrected chi connectivity index (χ2v) is 11.7. The van der Waals surface area contributed by atoms with Gasteiger partial charge in [-0.2, -0.15) is 0 Å². The Morgan fingerprint density at radius 3 is 2.46 bits per heavy atom. The van der Waals surface area contributed by atoms with E-state index in [9.17, 15) is 35.1 Å². The molecule has 0 aromatic carbocycles. The van der Waals surface area contributed by atoms with Crippen LogP contribution >= 0.6 is 0 Å². The van der Waals surface area contributed by atoms with Gasteiger partial charge in [-0.3, -0.25) is 9.59 Å². The van der Waals surface area contributed by atoms with Crippen molar-refractivity contribution in [3.8, 4) is 0 Å². The maximum Gasteiger partial charge on any atom is 0.315 e. The second-order valence-electron chi connectivity index (χ2n) is 11.7. The number of carbonyl (C=O) groups is 2. The lowest BCUT2D eigenvalue weighted by atomic mass is 9.43. The van der Waals surface area contributed by atoms with Crippen LogP contribution in [-0.2, 0) is 19.1 Å².